The Morgan fingerprint density at radius 3 is 2.67 bits per heavy atom. The molecule has 0 aliphatic carbocycles. The molecule has 1 rings (SSSR count). The second kappa shape index (κ2) is 2.45. The van der Waals surface area contributed by atoms with Crippen LogP contribution >= 0.6 is 0 Å². The van der Waals surface area contributed by atoms with Crippen molar-refractivity contribution in [2.24, 2.45) is 0 Å². The Balaban J connectivity index is 2.60. The van der Waals surface area contributed by atoms with Crippen molar-refractivity contribution < 1.29 is 13.6 Å². The van der Waals surface area contributed by atoms with Crippen molar-refractivity contribution in [1.82, 2.24) is 5.32 Å². The van der Waals surface area contributed by atoms with E-state index in [2.05, 4.69) is 5.32 Å². The number of hydrogen-bond acceptors (Lipinski definition) is 2. The zero-order valence-corrected chi connectivity index (χ0v) is 5.48. The molecule has 0 aromatic heterocycles. The first-order chi connectivity index (χ1) is 4.22. The van der Waals surface area contributed by atoms with Gasteiger partial charge < -0.3 is 9.87 Å². The summed E-state index contributed by atoms with van der Waals surface area (Å²) in [6, 6.07) is 0. The lowest BCUT2D eigenvalue weighted by Gasteiger charge is -1.96. The lowest BCUT2D eigenvalue weighted by atomic mass is 10.4. The van der Waals surface area contributed by atoms with Crippen LogP contribution in [0.25, 0.3) is 0 Å². The SMILES string of the molecule is O=C1NCCC1S(=O)O. The van der Waals surface area contributed by atoms with E-state index in [1.54, 1.807) is 0 Å². The Hall–Kier alpha value is -0.420. The molecule has 1 heterocycles. The molecule has 1 saturated heterocycles. The first kappa shape index (κ1) is 6.70. The maximum Gasteiger partial charge on any atom is 0.238 e. The third-order valence-corrected chi connectivity index (χ3v) is 2.18. The van der Waals surface area contributed by atoms with Crippen LogP contribution in [0.5, 0.6) is 0 Å². The van der Waals surface area contributed by atoms with Crippen LogP contribution in [-0.2, 0) is 15.9 Å². The van der Waals surface area contributed by atoms with Gasteiger partial charge in [0.15, 0.2) is 11.1 Å². The summed E-state index contributed by atoms with van der Waals surface area (Å²) < 4.78 is 18.7. The van der Waals surface area contributed by atoms with E-state index in [0.29, 0.717) is 13.0 Å². The van der Waals surface area contributed by atoms with Crippen LogP contribution in [0, 0.1) is 0 Å². The summed E-state index contributed by atoms with van der Waals surface area (Å²) >= 11 is -1.98. The van der Waals surface area contributed by atoms with Crippen molar-refractivity contribution in [1.29, 1.82) is 0 Å². The van der Waals surface area contributed by atoms with E-state index in [1.165, 1.54) is 0 Å². The highest BCUT2D eigenvalue weighted by atomic mass is 32.2. The Morgan fingerprint density at radius 1 is 1.78 bits per heavy atom. The minimum atomic E-state index is -1.98. The van der Waals surface area contributed by atoms with Crippen molar-refractivity contribution in [3.63, 3.8) is 0 Å². The van der Waals surface area contributed by atoms with Crippen LogP contribution in [0.2, 0.25) is 0 Å². The summed E-state index contributed by atoms with van der Waals surface area (Å²) in [7, 11) is 0. The van der Waals surface area contributed by atoms with Crippen molar-refractivity contribution >= 4 is 17.0 Å². The van der Waals surface area contributed by atoms with Crippen molar-refractivity contribution in [3.8, 4) is 0 Å². The van der Waals surface area contributed by atoms with Gasteiger partial charge in [-0.25, -0.2) is 4.21 Å². The molecule has 0 bridgehead atoms. The topological polar surface area (TPSA) is 66.4 Å². The fraction of sp³-hybridized carbons (Fsp3) is 0.750. The molecule has 0 radical (unpaired) electrons. The monoisotopic (exact) mass is 149 g/mol. The van der Waals surface area contributed by atoms with E-state index in [1.807, 2.05) is 0 Å². The Morgan fingerprint density at radius 2 is 2.44 bits per heavy atom. The summed E-state index contributed by atoms with van der Waals surface area (Å²) in [4.78, 5) is 10.6. The molecule has 2 atom stereocenters. The van der Waals surface area contributed by atoms with Gasteiger partial charge in [-0.2, -0.15) is 0 Å². The third-order valence-electron chi connectivity index (χ3n) is 1.24. The van der Waals surface area contributed by atoms with Crippen molar-refractivity contribution in [2.45, 2.75) is 11.7 Å². The lowest BCUT2D eigenvalue weighted by molar-refractivity contribution is -0.118. The molecule has 52 valence electrons. The standard InChI is InChI=1S/C4H7NO3S/c6-4-3(9(7)8)1-2-5-4/h3H,1-2H2,(H,5,6)(H,7,8). The number of nitrogens with one attached hydrogen (secondary N) is 1. The number of hydrogen-bond donors (Lipinski definition) is 2. The first-order valence-corrected chi connectivity index (χ1v) is 3.76. The van der Waals surface area contributed by atoms with E-state index >= 15 is 0 Å². The van der Waals surface area contributed by atoms with Gasteiger partial charge in [-0.3, -0.25) is 4.79 Å². The summed E-state index contributed by atoms with van der Waals surface area (Å²) in [6.07, 6.45) is 0.474. The molecular formula is C4H7NO3S. The van der Waals surface area contributed by atoms with Gasteiger partial charge >= 0.3 is 0 Å². The summed E-state index contributed by atoms with van der Waals surface area (Å²) in [5.74, 6) is -0.309. The lowest BCUT2D eigenvalue weighted by Crippen LogP contribution is -2.26. The Kier molecular flexibility index (Phi) is 1.82. The summed E-state index contributed by atoms with van der Waals surface area (Å²) in [5, 5.41) is 1.77. The average molecular weight is 149 g/mol. The number of amides is 1. The third kappa shape index (κ3) is 1.28. The van der Waals surface area contributed by atoms with Gasteiger partial charge in [0, 0.05) is 6.54 Å². The molecule has 5 heteroatoms. The van der Waals surface area contributed by atoms with E-state index < -0.39 is 16.3 Å². The van der Waals surface area contributed by atoms with E-state index in [9.17, 15) is 9.00 Å². The minimum Gasteiger partial charge on any atom is -0.355 e. The second-order valence-corrected chi connectivity index (χ2v) is 2.97. The van der Waals surface area contributed by atoms with E-state index in [0.717, 1.165) is 0 Å². The zero-order valence-electron chi connectivity index (χ0n) is 4.66. The Labute approximate surface area is 54.9 Å². The highest BCUT2D eigenvalue weighted by molar-refractivity contribution is 7.80. The van der Waals surface area contributed by atoms with Gasteiger partial charge in [-0.05, 0) is 6.42 Å². The van der Waals surface area contributed by atoms with Gasteiger partial charge in [-0.1, -0.05) is 0 Å². The molecule has 9 heavy (non-hydrogen) atoms. The highest BCUT2D eigenvalue weighted by Crippen LogP contribution is 2.04. The molecule has 0 spiro atoms. The summed E-state index contributed by atoms with van der Waals surface area (Å²) in [5.41, 5.74) is 0. The van der Waals surface area contributed by atoms with Crippen LogP contribution in [0.4, 0.5) is 0 Å². The molecule has 1 aliphatic heterocycles. The van der Waals surface area contributed by atoms with Crippen LogP contribution in [0.15, 0.2) is 0 Å². The number of carbonyl (C=O) groups is 1. The van der Waals surface area contributed by atoms with Crippen LogP contribution in [0.3, 0.4) is 0 Å². The first-order valence-electron chi connectivity index (χ1n) is 2.59. The van der Waals surface area contributed by atoms with Gasteiger partial charge in [0.2, 0.25) is 5.91 Å². The zero-order chi connectivity index (χ0) is 6.85. The maximum atomic E-state index is 10.6. The molecule has 0 aromatic carbocycles. The van der Waals surface area contributed by atoms with Crippen LogP contribution in [-0.4, -0.2) is 26.5 Å². The van der Waals surface area contributed by atoms with E-state index in [-0.39, 0.29) is 5.91 Å². The predicted molar refractivity (Wildman–Crippen MR) is 32.2 cm³/mol. The van der Waals surface area contributed by atoms with Gasteiger partial charge in [0.05, 0.1) is 0 Å². The largest absolute Gasteiger partial charge is 0.355 e. The molecule has 4 nitrogen and oxygen atoms in total. The van der Waals surface area contributed by atoms with E-state index in [4.69, 9.17) is 4.55 Å². The summed E-state index contributed by atoms with van der Waals surface area (Å²) in [6.45, 7) is 0.524. The molecule has 2 N–H and O–H groups in total. The predicted octanol–water partition coefficient (Wildman–Crippen LogP) is -0.903. The smallest absolute Gasteiger partial charge is 0.238 e. The molecule has 1 amide bonds. The fourth-order valence-electron chi connectivity index (χ4n) is 0.764. The van der Waals surface area contributed by atoms with Gasteiger partial charge in [-0.15, -0.1) is 0 Å². The number of carbonyl (C=O) groups excluding carboxylic acids is 1. The normalized spacial score (nSPS) is 29.9. The molecule has 0 saturated carbocycles. The minimum absolute atomic E-state index is 0.309. The molecule has 0 aromatic rings. The quantitative estimate of drug-likeness (QED) is 0.475. The molecule has 1 fully saturated rings. The maximum absolute atomic E-state index is 10.6. The van der Waals surface area contributed by atoms with Gasteiger partial charge in [0.25, 0.3) is 0 Å². The highest BCUT2D eigenvalue weighted by Gasteiger charge is 2.28. The Bertz CT molecular complexity index is 158. The second-order valence-electron chi connectivity index (χ2n) is 1.84. The molecular weight excluding hydrogens is 142 g/mol. The molecule has 2 unspecified atom stereocenters. The average Bonchev–Trinajstić information content (AvgIpc) is 2.13. The number of rotatable bonds is 1. The fourth-order valence-corrected chi connectivity index (χ4v) is 1.35. The van der Waals surface area contributed by atoms with Crippen molar-refractivity contribution in [2.75, 3.05) is 6.54 Å². The van der Waals surface area contributed by atoms with Crippen LogP contribution < -0.4 is 5.32 Å². The van der Waals surface area contributed by atoms with Crippen molar-refractivity contribution in [3.05, 3.63) is 0 Å². The van der Waals surface area contributed by atoms with Crippen LogP contribution in [0.1, 0.15) is 6.42 Å². The van der Waals surface area contributed by atoms with Gasteiger partial charge in [0.1, 0.15) is 5.25 Å². The molecule has 1 aliphatic rings.